The first-order valence-electron chi connectivity index (χ1n) is 12.4. The zero-order valence-electron chi connectivity index (χ0n) is 21.4. The number of carbonyl (C=O) groups excluding carboxylic acids is 1. The molecule has 1 amide bonds. The van der Waals surface area contributed by atoms with Gasteiger partial charge in [-0.1, -0.05) is 49.9 Å². The van der Waals surface area contributed by atoms with Gasteiger partial charge in [0.05, 0.1) is 5.69 Å². The molecule has 1 saturated heterocycles. The van der Waals surface area contributed by atoms with Crippen molar-refractivity contribution in [2.45, 2.75) is 38.6 Å². The molecule has 3 aromatic rings. The van der Waals surface area contributed by atoms with Gasteiger partial charge in [-0.2, -0.15) is 0 Å². The van der Waals surface area contributed by atoms with Gasteiger partial charge in [0.25, 0.3) is 5.91 Å². The van der Waals surface area contributed by atoms with Crippen LogP contribution in [0.15, 0.2) is 53.7 Å². The lowest BCUT2D eigenvalue weighted by atomic mass is 10.1. The maximum atomic E-state index is 14.2. The molecule has 1 aliphatic heterocycles. The lowest BCUT2D eigenvalue weighted by Gasteiger charge is -2.37. The van der Waals surface area contributed by atoms with Crippen LogP contribution in [0.25, 0.3) is 0 Å². The number of aromatic nitrogens is 2. The maximum Gasteiger partial charge on any atom is 0.251 e. The number of aryl methyl sites for hydroxylation is 1. The number of piperazine rings is 1. The highest BCUT2D eigenvalue weighted by atomic mass is 32.2. The fraction of sp³-hybridized carbons (Fsp3) is 0.393. The summed E-state index contributed by atoms with van der Waals surface area (Å²) in [5.74, 6) is 1.80. The highest BCUT2D eigenvalue weighted by molar-refractivity contribution is 7.98. The summed E-state index contributed by atoms with van der Waals surface area (Å²) in [5.41, 5.74) is 4.41. The number of nitrogens with one attached hydrogen (secondary N) is 1. The van der Waals surface area contributed by atoms with E-state index < -0.39 is 0 Å². The highest BCUT2D eigenvalue weighted by Gasteiger charge is 2.23. The first-order chi connectivity index (χ1) is 17.3. The number of rotatable bonds is 8. The third-order valence-electron chi connectivity index (χ3n) is 6.34. The van der Waals surface area contributed by atoms with Gasteiger partial charge in [0.1, 0.15) is 11.6 Å². The lowest BCUT2D eigenvalue weighted by Crippen LogP contribution is -2.47. The Morgan fingerprint density at radius 2 is 1.75 bits per heavy atom. The maximum absolute atomic E-state index is 14.2. The van der Waals surface area contributed by atoms with Crippen molar-refractivity contribution in [3.63, 3.8) is 0 Å². The van der Waals surface area contributed by atoms with Gasteiger partial charge >= 0.3 is 0 Å². The van der Waals surface area contributed by atoms with Crippen LogP contribution in [-0.2, 0) is 5.75 Å². The minimum absolute atomic E-state index is 0.0465. The van der Waals surface area contributed by atoms with Gasteiger partial charge in [-0.05, 0) is 49.6 Å². The van der Waals surface area contributed by atoms with Crippen molar-refractivity contribution in [3.05, 3.63) is 76.7 Å². The molecule has 1 aromatic heterocycles. The number of para-hydroxylation sites is 1. The van der Waals surface area contributed by atoms with E-state index in [2.05, 4.69) is 35.9 Å². The second kappa shape index (κ2) is 11.7. The molecule has 0 saturated carbocycles. The van der Waals surface area contributed by atoms with Crippen molar-refractivity contribution in [2.75, 3.05) is 42.5 Å². The molecule has 36 heavy (non-hydrogen) atoms. The Balaban J connectivity index is 1.42. The van der Waals surface area contributed by atoms with Crippen LogP contribution < -0.4 is 15.1 Å². The topological polar surface area (TPSA) is 61.4 Å². The van der Waals surface area contributed by atoms with E-state index in [4.69, 9.17) is 9.97 Å². The second-order valence-corrected chi connectivity index (χ2v) is 10.5. The number of amides is 1. The predicted octanol–water partition coefficient (Wildman–Crippen LogP) is 5.24. The van der Waals surface area contributed by atoms with Crippen molar-refractivity contribution in [2.24, 2.45) is 5.92 Å². The fourth-order valence-corrected chi connectivity index (χ4v) is 5.01. The van der Waals surface area contributed by atoms with Gasteiger partial charge in [-0.15, -0.1) is 0 Å². The van der Waals surface area contributed by atoms with Crippen LogP contribution in [-0.4, -0.2) is 48.6 Å². The monoisotopic (exact) mass is 507 g/mol. The van der Waals surface area contributed by atoms with E-state index in [1.807, 2.05) is 43.3 Å². The Labute approximate surface area is 217 Å². The first kappa shape index (κ1) is 25.9. The van der Waals surface area contributed by atoms with Crippen molar-refractivity contribution >= 4 is 29.2 Å². The van der Waals surface area contributed by atoms with Crippen LogP contribution in [0.4, 0.5) is 15.9 Å². The zero-order chi connectivity index (χ0) is 25.7. The third kappa shape index (κ3) is 6.35. The molecule has 1 fully saturated rings. The molecule has 2 aromatic carbocycles. The number of hydrogen-bond acceptors (Lipinski definition) is 6. The van der Waals surface area contributed by atoms with Crippen LogP contribution >= 0.6 is 11.8 Å². The third-order valence-corrected chi connectivity index (χ3v) is 7.26. The van der Waals surface area contributed by atoms with Crippen LogP contribution in [0.2, 0.25) is 0 Å². The Morgan fingerprint density at radius 1 is 1.03 bits per heavy atom. The summed E-state index contributed by atoms with van der Waals surface area (Å²) < 4.78 is 14.2. The summed E-state index contributed by atoms with van der Waals surface area (Å²) in [6, 6.07) is 14.7. The van der Waals surface area contributed by atoms with E-state index in [0.717, 1.165) is 54.0 Å². The quantitative estimate of drug-likeness (QED) is 0.333. The highest BCUT2D eigenvalue weighted by Crippen LogP contribution is 2.28. The van der Waals surface area contributed by atoms with E-state index >= 15 is 0 Å². The molecule has 0 bridgehead atoms. The largest absolute Gasteiger partial charge is 0.366 e. The SMILES string of the molecule is Cc1nc(SCc2cccc(C(=O)NCC(C)C)c2)nc(N2CCN(c3ccccc3F)CC2)c1C. The second-order valence-electron chi connectivity index (χ2n) is 9.56. The van der Waals surface area contributed by atoms with E-state index in [9.17, 15) is 9.18 Å². The number of nitrogens with zero attached hydrogens (tertiary/aromatic N) is 4. The van der Waals surface area contributed by atoms with Crippen molar-refractivity contribution in [3.8, 4) is 0 Å². The van der Waals surface area contributed by atoms with Crippen LogP contribution in [0.1, 0.15) is 41.0 Å². The summed E-state index contributed by atoms with van der Waals surface area (Å²) >= 11 is 1.57. The molecule has 0 spiro atoms. The molecule has 0 unspecified atom stereocenters. The van der Waals surface area contributed by atoms with Gasteiger partial charge in [0.15, 0.2) is 5.16 Å². The zero-order valence-corrected chi connectivity index (χ0v) is 22.2. The number of carbonyl (C=O) groups is 1. The van der Waals surface area contributed by atoms with Gasteiger partial charge in [-0.3, -0.25) is 4.79 Å². The molecular weight excluding hydrogens is 473 g/mol. The summed E-state index contributed by atoms with van der Waals surface area (Å²) in [6.45, 7) is 11.9. The van der Waals surface area contributed by atoms with E-state index in [1.165, 1.54) is 6.07 Å². The van der Waals surface area contributed by atoms with Gasteiger partial charge < -0.3 is 15.1 Å². The Hall–Kier alpha value is -3.13. The van der Waals surface area contributed by atoms with Crippen molar-refractivity contribution in [1.82, 2.24) is 15.3 Å². The Morgan fingerprint density at radius 3 is 2.47 bits per heavy atom. The number of anilines is 2. The van der Waals surface area contributed by atoms with Crippen molar-refractivity contribution in [1.29, 1.82) is 0 Å². The van der Waals surface area contributed by atoms with Gasteiger partial charge in [0.2, 0.25) is 0 Å². The number of hydrogen-bond donors (Lipinski definition) is 1. The minimum Gasteiger partial charge on any atom is -0.366 e. The molecular formula is C28H34FN5OS. The summed E-state index contributed by atoms with van der Waals surface area (Å²) in [5, 5.41) is 3.69. The average Bonchev–Trinajstić information content (AvgIpc) is 2.88. The van der Waals surface area contributed by atoms with Gasteiger partial charge in [0, 0.05) is 55.3 Å². The molecule has 8 heteroatoms. The molecule has 190 valence electrons. The number of thioether (sulfide) groups is 1. The number of halogens is 1. The lowest BCUT2D eigenvalue weighted by molar-refractivity contribution is 0.0949. The van der Waals surface area contributed by atoms with E-state index in [1.54, 1.807) is 17.8 Å². The fourth-order valence-electron chi connectivity index (χ4n) is 4.18. The van der Waals surface area contributed by atoms with E-state index in [-0.39, 0.29) is 11.7 Å². The van der Waals surface area contributed by atoms with Crippen LogP contribution in [0.5, 0.6) is 0 Å². The summed E-state index contributed by atoms with van der Waals surface area (Å²) in [6.07, 6.45) is 0. The molecule has 0 aliphatic carbocycles. The van der Waals surface area contributed by atoms with Crippen LogP contribution in [0.3, 0.4) is 0 Å². The minimum atomic E-state index is -0.180. The molecule has 0 atom stereocenters. The summed E-state index contributed by atoms with van der Waals surface area (Å²) in [4.78, 5) is 26.4. The van der Waals surface area contributed by atoms with Gasteiger partial charge in [-0.25, -0.2) is 14.4 Å². The molecule has 1 N–H and O–H groups in total. The summed E-state index contributed by atoms with van der Waals surface area (Å²) in [7, 11) is 0. The first-order valence-corrected chi connectivity index (χ1v) is 13.4. The molecule has 6 nitrogen and oxygen atoms in total. The molecule has 4 rings (SSSR count). The van der Waals surface area contributed by atoms with Crippen LogP contribution in [0, 0.1) is 25.6 Å². The smallest absolute Gasteiger partial charge is 0.251 e. The predicted molar refractivity (Wildman–Crippen MR) is 146 cm³/mol. The molecule has 0 radical (unpaired) electrons. The Bertz CT molecular complexity index is 1210. The standard InChI is InChI=1S/C28H34FN5OS/c1-19(2)17-30-27(35)23-9-7-8-22(16-23)18-36-28-31-21(4)20(3)26(32-28)34-14-12-33(13-15-34)25-11-6-5-10-24(25)29/h5-11,16,19H,12-15,17-18H2,1-4H3,(H,30,35). The average molecular weight is 508 g/mol. The molecule has 2 heterocycles. The van der Waals surface area contributed by atoms with Crippen molar-refractivity contribution < 1.29 is 9.18 Å². The number of benzene rings is 2. The normalized spacial score (nSPS) is 13.8. The Kier molecular flexibility index (Phi) is 8.46. The van der Waals surface area contributed by atoms with E-state index in [0.29, 0.717) is 29.5 Å². The molecule has 1 aliphatic rings.